The van der Waals surface area contributed by atoms with E-state index in [1.165, 1.54) is 6.07 Å². The van der Waals surface area contributed by atoms with Crippen LogP contribution in [0.5, 0.6) is 5.75 Å². The minimum atomic E-state index is -0.383. The molecular weight excluding hydrogens is 317 g/mol. The Morgan fingerprint density at radius 2 is 1.96 bits per heavy atom. The molecule has 3 rings (SSSR count). The lowest BCUT2D eigenvalue weighted by molar-refractivity contribution is 0.294. The maximum Gasteiger partial charge on any atom is 0.165 e. The van der Waals surface area contributed by atoms with Crippen LogP contribution < -0.4 is 10.5 Å². The molecular formula is C20H22FN3O. The lowest BCUT2D eigenvalue weighted by Crippen LogP contribution is -2.00. The summed E-state index contributed by atoms with van der Waals surface area (Å²) in [5, 5.41) is 4.60. The van der Waals surface area contributed by atoms with Crippen molar-refractivity contribution in [2.24, 2.45) is 5.73 Å². The predicted molar refractivity (Wildman–Crippen MR) is 97.3 cm³/mol. The third kappa shape index (κ3) is 3.88. The van der Waals surface area contributed by atoms with Crippen molar-refractivity contribution in [2.45, 2.75) is 26.3 Å². The Hall–Kier alpha value is -2.66. The maximum atomic E-state index is 14.3. The lowest BCUT2D eigenvalue weighted by Gasteiger charge is -2.08. The summed E-state index contributed by atoms with van der Waals surface area (Å²) in [5.74, 6) is -0.111. The fourth-order valence-corrected chi connectivity index (χ4v) is 2.61. The van der Waals surface area contributed by atoms with Crippen LogP contribution in [0.3, 0.4) is 0 Å². The van der Waals surface area contributed by atoms with Gasteiger partial charge in [0.25, 0.3) is 0 Å². The number of hydrogen-bond donors (Lipinski definition) is 1. The summed E-state index contributed by atoms with van der Waals surface area (Å²) in [7, 11) is 0. The van der Waals surface area contributed by atoms with Gasteiger partial charge in [-0.25, -0.2) is 9.07 Å². The van der Waals surface area contributed by atoms with E-state index in [1.54, 1.807) is 10.7 Å². The van der Waals surface area contributed by atoms with Crippen LogP contribution in [-0.4, -0.2) is 16.4 Å². The molecule has 0 atom stereocenters. The average molecular weight is 339 g/mol. The largest absolute Gasteiger partial charge is 0.491 e. The summed E-state index contributed by atoms with van der Waals surface area (Å²) < 4.78 is 21.6. The quantitative estimate of drug-likeness (QED) is 0.652. The monoisotopic (exact) mass is 339 g/mol. The molecule has 4 nitrogen and oxygen atoms in total. The molecule has 0 spiro atoms. The Balaban J connectivity index is 1.91. The summed E-state index contributed by atoms with van der Waals surface area (Å²) in [5.41, 5.74) is 9.03. The highest BCUT2D eigenvalue weighted by Gasteiger charge is 2.14. The van der Waals surface area contributed by atoms with Crippen LogP contribution in [0, 0.1) is 5.82 Å². The van der Waals surface area contributed by atoms with E-state index < -0.39 is 0 Å². The number of aromatic nitrogens is 2. The van der Waals surface area contributed by atoms with E-state index >= 15 is 0 Å². The minimum absolute atomic E-state index is 0.272. The first-order valence-electron chi connectivity index (χ1n) is 8.49. The lowest BCUT2D eigenvalue weighted by atomic mass is 10.1. The van der Waals surface area contributed by atoms with Gasteiger partial charge in [0.1, 0.15) is 0 Å². The number of rotatable bonds is 7. The van der Waals surface area contributed by atoms with Crippen molar-refractivity contribution in [3.8, 4) is 22.7 Å². The summed E-state index contributed by atoms with van der Waals surface area (Å²) in [6.45, 7) is 2.92. The van der Waals surface area contributed by atoms with Crippen LogP contribution in [0.2, 0.25) is 0 Å². The van der Waals surface area contributed by atoms with Crippen molar-refractivity contribution in [3.63, 3.8) is 0 Å². The van der Waals surface area contributed by atoms with Gasteiger partial charge >= 0.3 is 0 Å². The zero-order chi connectivity index (χ0) is 17.6. The van der Waals surface area contributed by atoms with Gasteiger partial charge in [0.2, 0.25) is 0 Å². The van der Waals surface area contributed by atoms with Crippen LogP contribution in [0.1, 0.15) is 25.3 Å². The number of unbranched alkanes of at least 4 members (excludes halogenated alkanes) is 1. The third-order valence-electron chi connectivity index (χ3n) is 3.99. The van der Waals surface area contributed by atoms with Gasteiger partial charge in [-0.3, -0.25) is 0 Å². The summed E-state index contributed by atoms with van der Waals surface area (Å²) in [6, 6.07) is 14.7. The SMILES string of the molecule is CCCCOc1ccc(-c2nn(-c3ccccc3)cc2CN)cc1F. The van der Waals surface area contributed by atoms with E-state index in [2.05, 4.69) is 12.0 Å². The van der Waals surface area contributed by atoms with Crippen molar-refractivity contribution in [1.29, 1.82) is 0 Å². The number of para-hydroxylation sites is 1. The highest BCUT2D eigenvalue weighted by Crippen LogP contribution is 2.28. The van der Waals surface area contributed by atoms with Crippen LogP contribution in [0.25, 0.3) is 16.9 Å². The number of halogens is 1. The van der Waals surface area contributed by atoms with Crippen LogP contribution >= 0.6 is 0 Å². The van der Waals surface area contributed by atoms with Gasteiger partial charge in [-0.15, -0.1) is 0 Å². The molecule has 0 saturated heterocycles. The second-order valence-electron chi connectivity index (χ2n) is 5.83. The topological polar surface area (TPSA) is 53.1 Å². The predicted octanol–water partition coefficient (Wildman–Crippen LogP) is 4.32. The Morgan fingerprint density at radius 1 is 1.16 bits per heavy atom. The van der Waals surface area contributed by atoms with E-state index in [-0.39, 0.29) is 11.6 Å². The molecule has 5 heteroatoms. The normalized spacial score (nSPS) is 10.8. The molecule has 0 bridgehead atoms. The third-order valence-corrected chi connectivity index (χ3v) is 3.99. The molecule has 25 heavy (non-hydrogen) atoms. The first kappa shape index (κ1) is 17.2. The van der Waals surface area contributed by atoms with E-state index in [0.717, 1.165) is 24.1 Å². The Morgan fingerprint density at radius 3 is 2.64 bits per heavy atom. The number of hydrogen-bond acceptors (Lipinski definition) is 3. The van der Waals surface area contributed by atoms with Crippen molar-refractivity contribution < 1.29 is 9.13 Å². The van der Waals surface area contributed by atoms with Crippen LogP contribution in [0.4, 0.5) is 4.39 Å². The second-order valence-corrected chi connectivity index (χ2v) is 5.83. The number of ether oxygens (including phenoxy) is 1. The number of nitrogens with two attached hydrogens (primary N) is 1. The Labute approximate surface area is 147 Å². The molecule has 0 unspecified atom stereocenters. The van der Waals surface area contributed by atoms with Crippen molar-refractivity contribution in [1.82, 2.24) is 9.78 Å². The molecule has 0 aliphatic rings. The number of nitrogens with zero attached hydrogens (tertiary/aromatic N) is 2. The first-order chi connectivity index (χ1) is 12.2. The van der Waals surface area contributed by atoms with Gasteiger partial charge in [0.05, 0.1) is 18.0 Å². The fraction of sp³-hybridized carbons (Fsp3) is 0.250. The van der Waals surface area contributed by atoms with E-state index in [0.29, 0.717) is 24.4 Å². The highest BCUT2D eigenvalue weighted by atomic mass is 19.1. The second kappa shape index (κ2) is 7.94. The highest BCUT2D eigenvalue weighted by molar-refractivity contribution is 5.64. The van der Waals surface area contributed by atoms with Gasteiger partial charge in [-0.2, -0.15) is 5.10 Å². The minimum Gasteiger partial charge on any atom is -0.491 e. The summed E-state index contributed by atoms with van der Waals surface area (Å²) in [6.07, 6.45) is 3.80. The smallest absolute Gasteiger partial charge is 0.165 e. The van der Waals surface area contributed by atoms with Crippen LogP contribution in [0.15, 0.2) is 54.7 Å². The zero-order valence-corrected chi connectivity index (χ0v) is 14.3. The zero-order valence-electron chi connectivity index (χ0n) is 14.3. The molecule has 0 radical (unpaired) electrons. The van der Waals surface area contributed by atoms with E-state index in [1.807, 2.05) is 42.6 Å². The molecule has 3 aromatic rings. The van der Waals surface area contributed by atoms with Crippen molar-refractivity contribution >= 4 is 0 Å². The molecule has 0 aliphatic carbocycles. The molecule has 0 amide bonds. The Kier molecular flexibility index (Phi) is 5.46. The molecule has 0 aliphatic heterocycles. The average Bonchev–Trinajstić information content (AvgIpc) is 3.08. The molecule has 2 N–H and O–H groups in total. The van der Waals surface area contributed by atoms with Crippen molar-refractivity contribution in [3.05, 3.63) is 66.1 Å². The van der Waals surface area contributed by atoms with Gasteiger partial charge in [0.15, 0.2) is 11.6 Å². The van der Waals surface area contributed by atoms with E-state index in [9.17, 15) is 4.39 Å². The Bertz CT molecular complexity index is 830. The summed E-state index contributed by atoms with van der Waals surface area (Å²) >= 11 is 0. The van der Waals surface area contributed by atoms with Gasteiger partial charge < -0.3 is 10.5 Å². The summed E-state index contributed by atoms with van der Waals surface area (Å²) in [4.78, 5) is 0. The molecule has 130 valence electrons. The number of benzene rings is 2. The molecule has 0 saturated carbocycles. The molecule has 0 fully saturated rings. The molecule has 1 aromatic heterocycles. The fourth-order valence-electron chi connectivity index (χ4n) is 2.61. The van der Waals surface area contributed by atoms with E-state index in [4.69, 9.17) is 10.5 Å². The first-order valence-corrected chi connectivity index (χ1v) is 8.49. The molecule has 1 heterocycles. The molecule has 2 aromatic carbocycles. The maximum absolute atomic E-state index is 14.3. The van der Waals surface area contributed by atoms with Gasteiger partial charge in [-0.1, -0.05) is 31.5 Å². The van der Waals surface area contributed by atoms with Crippen molar-refractivity contribution in [2.75, 3.05) is 6.61 Å². The van der Waals surface area contributed by atoms with Gasteiger partial charge in [0, 0.05) is 23.9 Å². The van der Waals surface area contributed by atoms with Gasteiger partial charge in [-0.05, 0) is 36.8 Å². The standard InChI is InChI=1S/C20H22FN3O/c1-2-3-11-25-19-10-9-15(12-18(19)21)20-16(13-22)14-24(23-20)17-7-5-4-6-8-17/h4-10,12,14H,2-3,11,13,22H2,1H3. The van der Waals surface area contributed by atoms with Crippen LogP contribution in [-0.2, 0) is 6.54 Å².